The second-order valence-electron chi connectivity index (χ2n) is 7.24. The maximum absolute atomic E-state index is 13.6. The van der Waals surface area contributed by atoms with E-state index in [0.29, 0.717) is 12.1 Å². The van der Waals surface area contributed by atoms with Gasteiger partial charge in [-0.1, -0.05) is 6.07 Å². The Kier molecular flexibility index (Phi) is 4.88. The third-order valence-electron chi connectivity index (χ3n) is 5.65. The van der Waals surface area contributed by atoms with Crippen molar-refractivity contribution in [1.82, 2.24) is 14.4 Å². The molecule has 2 atom stereocenters. The van der Waals surface area contributed by atoms with E-state index in [0.717, 1.165) is 31.7 Å². The zero-order valence-corrected chi connectivity index (χ0v) is 14.5. The second-order valence-corrected chi connectivity index (χ2v) is 7.24. The Bertz CT molecular complexity index is 716. The highest BCUT2D eigenvalue weighted by atomic mass is 19.1. The molecule has 2 aromatic rings. The molecule has 0 saturated carbocycles. The molecule has 4 nitrogen and oxygen atoms in total. The van der Waals surface area contributed by atoms with E-state index >= 15 is 0 Å². The summed E-state index contributed by atoms with van der Waals surface area (Å²) in [5, 5.41) is 9.47. The molecule has 2 aliphatic rings. The summed E-state index contributed by atoms with van der Waals surface area (Å²) < 4.78 is 15.7. The summed E-state index contributed by atoms with van der Waals surface area (Å²) in [4.78, 5) is 5.09. The summed E-state index contributed by atoms with van der Waals surface area (Å²) >= 11 is 0. The normalized spacial score (nSPS) is 24.6. The van der Waals surface area contributed by atoms with E-state index in [-0.39, 0.29) is 12.4 Å². The van der Waals surface area contributed by atoms with Crippen LogP contribution in [0.25, 0.3) is 5.69 Å². The number of hydrogen-bond acceptors (Lipinski definition) is 3. The van der Waals surface area contributed by atoms with Crippen molar-refractivity contribution in [1.29, 1.82) is 0 Å². The summed E-state index contributed by atoms with van der Waals surface area (Å²) in [6, 6.07) is 11.9. The van der Waals surface area contributed by atoms with Crippen LogP contribution in [0.15, 0.2) is 42.6 Å². The molecule has 5 heteroatoms. The Labute approximate surface area is 148 Å². The minimum Gasteiger partial charge on any atom is -0.396 e. The third kappa shape index (κ3) is 3.50. The molecule has 0 unspecified atom stereocenters. The van der Waals surface area contributed by atoms with Gasteiger partial charge in [0, 0.05) is 55.9 Å². The average molecular weight is 343 g/mol. The fourth-order valence-electron chi connectivity index (χ4n) is 4.40. The minimum absolute atomic E-state index is 0.213. The number of piperazine rings is 1. The van der Waals surface area contributed by atoms with Gasteiger partial charge < -0.3 is 9.67 Å². The number of nitrogens with zero attached hydrogens (tertiary/aromatic N) is 3. The Morgan fingerprint density at radius 1 is 1.16 bits per heavy atom. The molecule has 0 aliphatic carbocycles. The van der Waals surface area contributed by atoms with Crippen molar-refractivity contribution in [2.45, 2.75) is 37.9 Å². The van der Waals surface area contributed by atoms with E-state index in [2.05, 4.69) is 20.4 Å². The summed E-state index contributed by atoms with van der Waals surface area (Å²) in [5.41, 5.74) is 2.03. The highest BCUT2D eigenvalue weighted by Crippen LogP contribution is 2.27. The monoisotopic (exact) mass is 343 g/mol. The molecule has 134 valence electrons. The smallest absolute Gasteiger partial charge is 0.125 e. The number of halogens is 1. The van der Waals surface area contributed by atoms with E-state index < -0.39 is 0 Å². The van der Waals surface area contributed by atoms with E-state index in [9.17, 15) is 9.50 Å². The predicted octanol–water partition coefficient (Wildman–Crippen LogP) is 2.65. The fraction of sp³-hybridized carbons (Fsp3) is 0.500. The average Bonchev–Trinajstić information content (AvgIpc) is 3.24. The van der Waals surface area contributed by atoms with E-state index in [1.54, 1.807) is 12.1 Å². The van der Waals surface area contributed by atoms with Crippen LogP contribution in [0.1, 0.15) is 25.0 Å². The number of aliphatic hydroxyl groups is 1. The van der Waals surface area contributed by atoms with Gasteiger partial charge in [-0.05, 0) is 56.1 Å². The highest BCUT2D eigenvalue weighted by Gasteiger charge is 2.36. The molecule has 1 aromatic carbocycles. The Hall–Kier alpha value is -1.69. The molecule has 2 aliphatic heterocycles. The lowest BCUT2D eigenvalue weighted by molar-refractivity contribution is 0.0323. The first-order valence-electron chi connectivity index (χ1n) is 9.26. The van der Waals surface area contributed by atoms with Gasteiger partial charge in [-0.3, -0.25) is 9.80 Å². The van der Waals surface area contributed by atoms with Crippen LogP contribution in [-0.4, -0.2) is 57.8 Å². The maximum Gasteiger partial charge on any atom is 0.125 e. The van der Waals surface area contributed by atoms with Gasteiger partial charge in [0.1, 0.15) is 5.82 Å². The van der Waals surface area contributed by atoms with Crippen LogP contribution in [0.3, 0.4) is 0 Å². The molecule has 0 spiro atoms. The second kappa shape index (κ2) is 7.28. The highest BCUT2D eigenvalue weighted by molar-refractivity contribution is 5.35. The Balaban J connectivity index is 1.55. The molecule has 25 heavy (non-hydrogen) atoms. The standard InChI is InChI=1S/C20H26FN3O/c21-16-4-1-5-17(12-16)24-10-3-7-20(24)15-23-14-18-6-2-9-22(18)13-19(23)8-11-25/h1,3-5,7,10,12,18-19,25H,2,6,8-9,11,13-15H2/t18-,19+/m1/s1. The van der Waals surface area contributed by atoms with Crippen molar-refractivity contribution < 1.29 is 9.50 Å². The molecular formula is C20H26FN3O. The molecule has 1 N–H and O–H groups in total. The van der Waals surface area contributed by atoms with Gasteiger partial charge in [0.15, 0.2) is 0 Å². The van der Waals surface area contributed by atoms with Crippen molar-refractivity contribution in [3.8, 4) is 5.69 Å². The summed E-state index contributed by atoms with van der Waals surface area (Å²) in [5.74, 6) is -0.213. The number of aromatic nitrogens is 1. The quantitative estimate of drug-likeness (QED) is 0.906. The Morgan fingerprint density at radius 2 is 2.08 bits per heavy atom. The number of hydrogen-bond donors (Lipinski definition) is 1. The summed E-state index contributed by atoms with van der Waals surface area (Å²) in [6.45, 7) is 4.36. The molecule has 3 heterocycles. The predicted molar refractivity (Wildman–Crippen MR) is 96.2 cm³/mol. The maximum atomic E-state index is 13.6. The van der Waals surface area contributed by atoms with Gasteiger partial charge in [-0.2, -0.15) is 0 Å². The third-order valence-corrected chi connectivity index (χ3v) is 5.65. The van der Waals surface area contributed by atoms with Crippen molar-refractivity contribution in [3.63, 3.8) is 0 Å². The largest absolute Gasteiger partial charge is 0.396 e. The van der Waals surface area contributed by atoms with Crippen LogP contribution in [-0.2, 0) is 6.54 Å². The van der Waals surface area contributed by atoms with Crippen LogP contribution in [0.4, 0.5) is 4.39 Å². The summed E-state index contributed by atoms with van der Waals surface area (Å²) in [7, 11) is 0. The molecule has 1 aromatic heterocycles. The number of fused-ring (bicyclic) bond motifs is 1. The molecule has 2 fully saturated rings. The molecule has 0 radical (unpaired) electrons. The first-order valence-corrected chi connectivity index (χ1v) is 9.26. The molecule has 4 rings (SSSR count). The molecule has 0 bridgehead atoms. The molecule has 2 saturated heterocycles. The van der Waals surface area contributed by atoms with Crippen LogP contribution in [0.2, 0.25) is 0 Å². The summed E-state index contributed by atoms with van der Waals surface area (Å²) in [6.07, 6.45) is 5.36. The van der Waals surface area contributed by atoms with E-state index in [1.165, 1.54) is 31.1 Å². The number of aliphatic hydroxyl groups excluding tert-OH is 1. The number of benzene rings is 1. The zero-order valence-electron chi connectivity index (χ0n) is 14.5. The van der Waals surface area contributed by atoms with Crippen molar-refractivity contribution in [2.24, 2.45) is 0 Å². The van der Waals surface area contributed by atoms with Crippen LogP contribution in [0.5, 0.6) is 0 Å². The van der Waals surface area contributed by atoms with E-state index in [4.69, 9.17) is 0 Å². The fourth-order valence-corrected chi connectivity index (χ4v) is 4.40. The number of rotatable bonds is 5. The molecule has 0 amide bonds. The van der Waals surface area contributed by atoms with Crippen molar-refractivity contribution in [2.75, 3.05) is 26.2 Å². The van der Waals surface area contributed by atoms with Crippen molar-refractivity contribution in [3.05, 3.63) is 54.1 Å². The van der Waals surface area contributed by atoms with Crippen molar-refractivity contribution >= 4 is 0 Å². The van der Waals surface area contributed by atoms with Crippen LogP contribution in [0, 0.1) is 5.82 Å². The first-order chi connectivity index (χ1) is 12.2. The van der Waals surface area contributed by atoms with Crippen LogP contribution >= 0.6 is 0 Å². The van der Waals surface area contributed by atoms with Gasteiger partial charge in [0.05, 0.1) is 0 Å². The van der Waals surface area contributed by atoms with Gasteiger partial charge in [-0.15, -0.1) is 0 Å². The minimum atomic E-state index is -0.213. The zero-order chi connectivity index (χ0) is 17.2. The van der Waals surface area contributed by atoms with E-state index in [1.807, 2.05) is 18.3 Å². The van der Waals surface area contributed by atoms with Crippen LogP contribution < -0.4 is 0 Å². The van der Waals surface area contributed by atoms with Gasteiger partial charge in [-0.25, -0.2) is 4.39 Å². The topological polar surface area (TPSA) is 31.6 Å². The molecular weight excluding hydrogens is 317 g/mol. The lowest BCUT2D eigenvalue weighted by atomic mass is 10.0. The lowest BCUT2D eigenvalue weighted by Gasteiger charge is -2.43. The first kappa shape index (κ1) is 16.8. The van der Waals surface area contributed by atoms with Gasteiger partial charge in [0.2, 0.25) is 0 Å². The lowest BCUT2D eigenvalue weighted by Crippen LogP contribution is -2.55. The SMILES string of the molecule is OCC[C@H]1CN2CCC[C@@H]2CN1Cc1cccn1-c1cccc(F)c1. The Morgan fingerprint density at radius 3 is 2.92 bits per heavy atom. The van der Waals surface area contributed by atoms with Gasteiger partial charge >= 0.3 is 0 Å². The van der Waals surface area contributed by atoms with Gasteiger partial charge in [0.25, 0.3) is 0 Å².